The van der Waals surface area contributed by atoms with Crippen LogP contribution in [-0.4, -0.2) is 31.4 Å². The summed E-state index contributed by atoms with van der Waals surface area (Å²) in [5.74, 6) is 0.542. The summed E-state index contributed by atoms with van der Waals surface area (Å²) in [7, 11) is -2.54. The van der Waals surface area contributed by atoms with Crippen LogP contribution in [0.4, 0.5) is 11.6 Å². The molecule has 4 aromatic rings. The number of ether oxygens (including phenoxy) is 2. The van der Waals surface area contributed by atoms with Crippen LogP contribution in [0.2, 0.25) is 0 Å². The fraction of sp³-hybridized carbons (Fsp3) is 0.148. The third-order valence-electron chi connectivity index (χ3n) is 5.95. The molecule has 0 unspecified atom stereocenters. The zero-order chi connectivity index (χ0) is 26.2. The molecule has 1 amide bonds. The Balaban J connectivity index is 1.79. The molecule has 0 spiro atoms. The van der Waals surface area contributed by atoms with E-state index in [2.05, 4.69) is 20.0 Å². The summed E-state index contributed by atoms with van der Waals surface area (Å²) < 4.78 is 40.9. The number of hydrogen-bond acceptors (Lipinski definition) is 7. The number of carbonyl (C=O) groups excluding carboxylic acids is 1. The number of sulfonamides is 1. The Labute approximate surface area is 214 Å². The van der Waals surface area contributed by atoms with Gasteiger partial charge in [0.25, 0.3) is 15.9 Å². The summed E-state index contributed by atoms with van der Waals surface area (Å²) in [4.78, 5) is 21.9. The maximum atomic E-state index is 13.3. The average Bonchev–Trinajstić information content (AvgIpc) is 2.88. The highest BCUT2D eigenvalue weighted by Crippen LogP contribution is 2.39. The largest absolute Gasteiger partial charge is 0.496 e. The number of methoxy groups -OCH3 is 1. The second kappa shape index (κ2) is 9.55. The van der Waals surface area contributed by atoms with Gasteiger partial charge in [0.05, 0.1) is 17.7 Å². The first-order chi connectivity index (χ1) is 17.8. The lowest BCUT2D eigenvalue weighted by Gasteiger charge is -2.19. The summed E-state index contributed by atoms with van der Waals surface area (Å²) in [6.45, 7) is 3.85. The second-order valence-corrected chi connectivity index (χ2v) is 10.1. The molecular weight excluding hydrogens is 492 g/mol. The van der Waals surface area contributed by atoms with Gasteiger partial charge in [-0.1, -0.05) is 31.2 Å². The Kier molecular flexibility index (Phi) is 6.26. The van der Waals surface area contributed by atoms with Crippen molar-refractivity contribution in [1.82, 2.24) is 9.97 Å². The van der Waals surface area contributed by atoms with Crippen LogP contribution >= 0.6 is 0 Å². The number of amides is 1. The molecule has 2 N–H and O–H groups in total. The fourth-order valence-electron chi connectivity index (χ4n) is 4.17. The van der Waals surface area contributed by atoms with Gasteiger partial charge < -0.3 is 14.8 Å². The van der Waals surface area contributed by atoms with Gasteiger partial charge in [-0.3, -0.25) is 4.79 Å². The molecule has 10 heteroatoms. The Morgan fingerprint density at radius 1 is 1.00 bits per heavy atom. The molecule has 0 atom stereocenters. The Bertz CT molecular complexity index is 1640. The minimum atomic E-state index is -4.10. The molecule has 1 aliphatic rings. The van der Waals surface area contributed by atoms with Crippen molar-refractivity contribution in [2.24, 2.45) is 0 Å². The van der Waals surface area contributed by atoms with Crippen LogP contribution in [0.3, 0.4) is 0 Å². The standard InChI is InChI=1S/C27H24N4O5S/c1-4-21-24(23-16(2)8-5-13-22(23)35-3)29-27-30-26(21)36-19-11-6-9-17(14-19)25(32)28-18-10-7-12-20(15-18)37(33,34)31-27/h5-15H,4H2,1-3H3,(H,28,32)(H,29,30,31). The number of rotatable bonds is 3. The van der Waals surface area contributed by atoms with Gasteiger partial charge in [-0.15, -0.1) is 0 Å². The number of hydrogen-bond donors (Lipinski definition) is 2. The SMILES string of the molecule is CCc1c2nc(nc1-c1c(C)cccc1OC)NS(=O)(=O)c1cccc(c1)NC(=O)c1cccc(c1)O2. The molecule has 5 rings (SSSR count). The average molecular weight is 517 g/mol. The molecule has 2 heterocycles. The van der Waals surface area contributed by atoms with E-state index in [1.54, 1.807) is 43.5 Å². The van der Waals surface area contributed by atoms with Gasteiger partial charge in [-0.2, -0.15) is 4.98 Å². The Hall–Kier alpha value is -4.44. The minimum absolute atomic E-state index is 0.0585. The summed E-state index contributed by atoms with van der Waals surface area (Å²) in [5.41, 5.74) is 3.38. The lowest BCUT2D eigenvalue weighted by Crippen LogP contribution is -2.18. The number of aryl methyl sites for hydroxylation is 1. The van der Waals surface area contributed by atoms with Crippen LogP contribution in [-0.2, 0) is 16.4 Å². The van der Waals surface area contributed by atoms with Crippen LogP contribution in [0.15, 0.2) is 71.6 Å². The van der Waals surface area contributed by atoms with E-state index in [0.29, 0.717) is 46.0 Å². The monoisotopic (exact) mass is 516 g/mol. The first-order valence-corrected chi connectivity index (χ1v) is 13.0. The predicted octanol–water partition coefficient (Wildman–Crippen LogP) is 5.18. The molecule has 37 heavy (non-hydrogen) atoms. The first kappa shape index (κ1) is 24.3. The highest BCUT2D eigenvalue weighted by molar-refractivity contribution is 7.92. The molecule has 0 saturated heterocycles. The van der Waals surface area contributed by atoms with E-state index in [4.69, 9.17) is 9.47 Å². The maximum absolute atomic E-state index is 13.3. The summed E-state index contributed by atoms with van der Waals surface area (Å²) in [6, 6.07) is 18.2. The van der Waals surface area contributed by atoms with Crippen molar-refractivity contribution in [2.45, 2.75) is 25.2 Å². The van der Waals surface area contributed by atoms with E-state index in [9.17, 15) is 13.2 Å². The van der Waals surface area contributed by atoms with Crippen LogP contribution < -0.4 is 19.5 Å². The zero-order valence-corrected chi connectivity index (χ0v) is 21.2. The van der Waals surface area contributed by atoms with Crippen LogP contribution in [0, 0.1) is 6.92 Å². The molecule has 9 nitrogen and oxygen atoms in total. The number of aromatic nitrogens is 2. The predicted molar refractivity (Wildman–Crippen MR) is 140 cm³/mol. The maximum Gasteiger partial charge on any atom is 0.264 e. The summed E-state index contributed by atoms with van der Waals surface area (Å²) in [5, 5.41) is 2.73. The van der Waals surface area contributed by atoms with Crippen LogP contribution in [0.1, 0.15) is 28.4 Å². The van der Waals surface area contributed by atoms with Gasteiger partial charge in [-0.05, 0) is 61.4 Å². The Morgan fingerprint density at radius 3 is 2.57 bits per heavy atom. The van der Waals surface area contributed by atoms with Gasteiger partial charge in [0.2, 0.25) is 11.8 Å². The summed E-state index contributed by atoms with van der Waals surface area (Å²) in [6.07, 6.45) is 0.484. The fourth-order valence-corrected chi connectivity index (χ4v) is 5.16. The smallest absolute Gasteiger partial charge is 0.264 e. The van der Waals surface area contributed by atoms with Crippen molar-refractivity contribution in [3.05, 3.63) is 83.4 Å². The van der Waals surface area contributed by atoms with E-state index in [1.807, 2.05) is 32.0 Å². The zero-order valence-electron chi connectivity index (χ0n) is 20.4. The van der Waals surface area contributed by atoms with Crippen molar-refractivity contribution in [1.29, 1.82) is 0 Å². The number of nitrogens with zero attached hydrogens (tertiary/aromatic N) is 2. The number of carbonyl (C=O) groups is 1. The van der Waals surface area contributed by atoms with E-state index >= 15 is 0 Å². The lowest BCUT2D eigenvalue weighted by molar-refractivity contribution is 0.102. The van der Waals surface area contributed by atoms with Gasteiger partial charge in [-0.25, -0.2) is 18.1 Å². The second-order valence-electron chi connectivity index (χ2n) is 8.40. The normalized spacial score (nSPS) is 14.0. The highest BCUT2D eigenvalue weighted by Gasteiger charge is 2.24. The molecule has 6 bridgehead atoms. The Morgan fingerprint density at radius 2 is 1.78 bits per heavy atom. The molecule has 1 aromatic heterocycles. The third-order valence-corrected chi connectivity index (χ3v) is 7.28. The van der Waals surface area contributed by atoms with E-state index < -0.39 is 15.9 Å². The van der Waals surface area contributed by atoms with E-state index in [-0.39, 0.29) is 16.7 Å². The van der Waals surface area contributed by atoms with Gasteiger partial charge in [0.1, 0.15) is 11.5 Å². The van der Waals surface area contributed by atoms with E-state index in [0.717, 1.165) is 5.56 Å². The molecule has 0 fully saturated rings. The number of benzene rings is 3. The highest BCUT2D eigenvalue weighted by atomic mass is 32.2. The number of nitrogens with one attached hydrogen (secondary N) is 2. The van der Waals surface area contributed by atoms with Crippen molar-refractivity contribution in [3.63, 3.8) is 0 Å². The lowest BCUT2D eigenvalue weighted by atomic mass is 9.99. The molecule has 0 aliphatic carbocycles. The first-order valence-electron chi connectivity index (χ1n) is 11.6. The van der Waals surface area contributed by atoms with Crippen molar-refractivity contribution in [3.8, 4) is 28.6 Å². The summed E-state index contributed by atoms with van der Waals surface area (Å²) >= 11 is 0. The molecule has 1 aliphatic heterocycles. The molecule has 0 radical (unpaired) electrons. The van der Waals surface area contributed by atoms with Crippen molar-refractivity contribution < 1.29 is 22.7 Å². The number of fused-ring (bicyclic) bond motifs is 6. The van der Waals surface area contributed by atoms with Gasteiger partial charge >= 0.3 is 0 Å². The third kappa shape index (κ3) is 4.70. The van der Waals surface area contributed by atoms with E-state index in [1.165, 1.54) is 12.1 Å². The van der Waals surface area contributed by atoms with Crippen molar-refractivity contribution in [2.75, 3.05) is 17.1 Å². The molecule has 188 valence electrons. The molecular formula is C27H24N4O5S. The quantitative estimate of drug-likeness (QED) is 0.385. The molecule has 3 aromatic carbocycles. The van der Waals surface area contributed by atoms with Gasteiger partial charge in [0, 0.05) is 22.4 Å². The van der Waals surface area contributed by atoms with Crippen molar-refractivity contribution >= 4 is 27.6 Å². The minimum Gasteiger partial charge on any atom is -0.496 e. The number of anilines is 2. The van der Waals surface area contributed by atoms with Gasteiger partial charge in [0.15, 0.2) is 0 Å². The van der Waals surface area contributed by atoms with Crippen LogP contribution in [0.25, 0.3) is 11.3 Å². The van der Waals surface area contributed by atoms with Crippen LogP contribution in [0.5, 0.6) is 17.4 Å². The molecule has 0 saturated carbocycles. The topological polar surface area (TPSA) is 120 Å².